The zero-order valence-electron chi connectivity index (χ0n) is 16.4. The Morgan fingerprint density at radius 3 is 2.88 bits per heavy atom. The van der Waals surface area contributed by atoms with Crippen molar-refractivity contribution in [2.75, 3.05) is 20.0 Å². The first kappa shape index (κ1) is 19.9. The smallest absolute Gasteiger partial charge is 0.341 e. The van der Waals surface area contributed by atoms with E-state index in [1.54, 1.807) is 35.7 Å². The van der Waals surface area contributed by atoms with Crippen molar-refractivity contribution in [2.24, 2.45) is 0 Å². The number of thiophene rings is 1. The van der Waals surface area contributed by atoms with Crippen molar-refractivity contribution in [1.29, 1.82) is 0 Å². The minimum Gasteiger partial charge on any atom is -0.454 e. The summed E-state index contributed by atoms with van der Waals surface area (Å²) in [5.41, 5.74) is 0. The standard InChI is InChI=1S/C18H17N5O7S2/c24-32(25,15-2-1-5-31-15)20-11-7-26-17-12(8-27-16(11)17)23-18(19-21-22-23)30-10-3-4-13-14(6-10)29-9-28-13/h1-6,11-12,16-17,20H,7-9H2. The van der Waals surface area contributed by atoms with Gasteiger partial charge in [-0.25, -0.2) is 13.1 Å². The molecule has 1 N–H and O–H groups in total. The van der Waals surface area contributed by atoms with Gasteiger partial charge in [0, 0.05) is 6.07 Å². The van der Waals surface area contributed by atoms with Gasteiger partial charge < -0.3 is 23.7 Å². The van der Waals surface area contributed by atoms with E-state index in [0.717, 1.165) is 11.3 Å². The summed E-state index contributed by atoms with van der Waals surface area (Å²) in [4.78, 5) is 0. The molecular weight excluding hydrogens is 462 g/mol. The number of rotatable bonds is 6. The first-order chi connectivity index (χ1) is 15.6. The summed E-state index contributed by atoms with van der Waals surface area (Å²) in [5, 5.41) is 13.4. The maximum atomic E-state index is 12.6. The highest BCUT2D eigenvalue weighted by Crippen LogP contribution is 2.39. The summed E-state index contributed by atoms with van der Waals surface area (Å²) in [6.07, 6.45) is -0.911. The molecule has 12 nitrogen and oxygen atoms in total. The van der Waals surface area contributed by atoms with Gasteiger partial charge in [0.15, 0.2) is 11.5 Å². The predicted octanol–water partition coefficient (Wildman–Crippen LogP) is 0.941. The molecule has 6 rings (SSSR count). The van der Waals surface area contributed by atoms with Gasteiger partial charge in [-0.3, -0.25) is 0 Å². The molecule has 3 aliphatic rings. The van der Waals surface area contributed by atoms with Gasteiger partial charge >= 0.3 is 6.01 Å². The first-order valence-electron chi connectivity index (χ1n) is 9.73. The summed E-state index contributed by atoms with van der Waals surface area (Å²) >= 11 is 1.15. The highest BCUT2D eigenvalue weighted by atomic mass is 32.2. The molecule has 0 spiro atoms. The minimum atomic E-state index is -3.65. The van der Waals surface area contributed by atoms with E-state index in [1.807, 2.05) is 0 Å². The Kier molecular flexibility index (Phi) is 4.76. The highest BCUT2D eigenvalue weighted by Gasteiger charge is 2.51. The molecule has 4 atom stereocenters. The normalized spacial score (nSPS) is 26.4. The summed E-state index contributed by atoms with van der Waals surface area (Å²) < 4.78 is 58.0. The molecule has 4 unspecified atom stereocenters. The van der Waals surface area contributed by atoms with E-state index < -0.39 is 28.3 Å². The van der Waals surface area contributed by atoms with Gasteiger partial charge in [0.25, 0.3) is 0 Å². The molecular formula is C18H17N5O7S2. The van der Waals surface area contributed by atoms with Gasteiger partial charge in [0.05, 0.1) is 19.3 Å². The molecule has 0 saturated carbocycles. The maximum absolute atomic E-state index is 12.6. The number of nitrogens with one attached hydrogen (secondary N) is 1. The molecule has 2 saturated heterocycles. The number of tetrazole rings is 1. The highest BCUT2D eigenvalue weighted by molar-refractivity contribution is 7.91. The zero-order chi connectivity index (χ0) is 21.7. The number of hydrogen-bond acceptors (Lipinski definition) is 11. The molecule has 0 amide bonds. The number of nitrogens with zero attached hydrogens (tertiary/aromatic N) is 4. The Hall–Kier alpha value is -2.78. The van der Waals surface area contributed by atoms with E-state index in [0.29, 0.717) is 17.2 Å². The van der Waals surface area contributed by atoms with E-state index in [-0.39, 0.29) is 36.3 Å². The van der Waals surface area contributed by atoms with Gasteiger partial charge in [-0.05, 0) is 34.0 Å². The first-order valence-corrected chi connectivity index (χ1v) is 12.1. The number of hydrogen-bond donors (Lipinski definition) is 1. The lowest BCUT2D eigenvalue weighted by Crippen LogP contribution is -2.43. The molecule has 0 aliphatic carbocycles. The van der Waals surface area contributed by atoms with Crippen LogP contribution in [0.3, 0.4) is 0 Å². The van der Waals surface area contributed by atoms with Crippen LogP contribution in [0.2, 0.25) is 0 Å². The number of sulfonamides is 1. The van der Waals surface area contributed by atoms with Gasteiger partial charge in [-0.1, -0.05) is 11.2 Å². The van der Waals surface area contributed by atoms with Crippen LogP contribution in [0.25, 0.3) is 0 Å². The molecule has 2 fully saturated rings. The van der Waals surface area contributed by atoms with Crippen molar-refractivity contribution in [3.8, 4) is 23.3 Å². The van der Waals surface area contributed by atoms with Crippen molar-refractivity contribution in [1.82, 2.24) is 24.9 Å². The fourth-order valence-electron chi connectivity index (χ4n) is 3.97. The Balaban J connectivity index is 1.18. The minimum absolute atomic E-state index is 0.157. The van der Waals surface area contributed by atoms with Crippen molar-refractivity contribution in [3.05, 3.63) is 35.7 Å². The van der Waals surface area contributed by atoms with Gasteiger partial charge in [-0.15, -0.1) is 11.3 Å². The van der Waals surface area contributed by atoms with E-state index in [4.69, 9.17) is 23.7 Å². The third-order valence-electron chi connectivity index (χ3n) is 5.42. The molecule has 5 heterocycles. The Morgan fingerprint density at radius 1 is 1.12 bits per heavy atom. The topological polar surface area (TPSA) is 136 Å². The fraction of sp³-hybridized carbons (Fsp3) is 0.389. The predicted molar refractivity (Wildman–Crippen MR) is 107 cm³/mol. The van der Waals surface area contributed by atoms with E-state index in [1.165, 1.54) is 4.68 Å². The van der Waals surface area contributed by atoms with Gasteiger partial charge in [0.2, 0.25) is 16.8 Å². The largest absolute Gasteiger partial charge is 0.454 e. The number of aromatic nitrogens is 4. The molecule has 2 aromatic heterocycles. The fourth-order valence-corrected chi connectivity index (χ4v) is 6.21. The summed E-state index contributed by atoms with van der Waals surface area (Å²) in [6.45, 7) is 0.583. The average molecular weight is 479 g/mol. The third-order valence-corrected chi connectivity index (χ3v) is 8.31. The van der Waals surface area contributed by atoms with Gasteiger partial charge in [-0.2, -0.15) is 4.68 Å². The average Bonchev–Trinajstić information content (AvgIpc) is 3.57. The lowest BCUT2D eigenvalue weighted by molar-refractivity contribution is 0.0615. The Labute approximate surface area is 186 Å². The number of benzene rings is 1. The molecule has 3 aromatic rings. The van der Waals surface area contributed by atoms with Crippen LogP contribution in [0.4, 0.5) is 0 Å². The molecule has 32 heavy (non-hydrogen) atoms. The lowest BCUT2D eigenvalue weighted by Gasteiger charge is -2.18. The summed E-state index contributed by atoms with van der Waals surface area (Å²) in [6, 6.07) is 7.66. The quantitative estimate of drug-likeness (QED) is 0.544. The summed E-state index contributed by atoms with van der Waals surface area (Å²) in [5.74, 6) is 1.69. The summed E-state index contributed by atoms with van der Waals surface area (Å²) in [7, 11) is -3.65. The Morgan fingerprint density at radius 2 is 2.00 bits per heavy atom. The van der Waals surface area contributed by atoms with Gasteiger partial charge in [0.1, 0.15) is 28.2 Å². The van der Waals surface area contributed by atoms with Crippen molar-refractivity contribution < 1.29 is 32.1 Å². The van der Waals surface area contributed by atoms with Crippen LogP contribution in [0.15, 0.2) is 39.9 Å². The molecule has 1 aromatic carbocycles. The van der Waals surface area contributed by atoms with Crippen molar-refractivity contribution >= 4 is 21.4 Å². The van der Waals surface area contributed by atoms with Crippen LogP contribution < -0.4 is 18.9 Å². The van der Waals surface area contributed by atoms with Crippen LogP contribution >= 0.6 is 11.3 Å². The second-order valence-electron chi connectivity index (χ2n) is 7.35. The second-order valence-corrected chi connectivity index (χ2v) is 10.2. The molecule has 0 radical (unpaired) electrons. The molecule has 0 bridgehead atoms. The number of fused-ring (bicyclic) bond motifs is 2. The van der Waals surface area contributed by atoms with Crippen molar-refractivity contribution in [2.45, 2.75) is 28.5 Å². The molecule has 14 heteroatoms. The van der Waals surface area contributed by atoms with Crippen LogP contribution in [0.1, 0.15) is 6.04 Å². The van der Waals surface area contributed by atoms with Crippen LogP contribution in [-0.4, -0.2) is 66.9 Å². The monoisotopic (exact) mass is 479 g/mol. The number of ether oxygens (including phenoxy) is 5. The maximum Gasteiger partial charge on any atom is 0.341 e. The zero-order valence-corrected chi connectivity index (χ0v) is 18.0. The van der Waals surface area contributed by atoms with E-state index in [2.05, 4.69) is 20.2 Å². The SMILES string of the molecule is O=S(=O)(NC1COC2C1OCC2n1nnnc1Oc1ccc2c(c1)OCO2)c1cccs1. The Bertz CT molecular complexity index is 1230. The van der Waals surface area contributed by atoms with Crippen LogP contribution in [-0.2, 0) is 19.5 Å². The van der Waals surface area contributed by atoms with Crippen LogP contribution in [0.5, 0.6) is 23.3 Å². The third kappa shape index (κ3) is 3.40. The van der Waals surface area contributed by atoms with E-state index in [9.17, 15) is 8.42 Å². The lowest BCUT2D eigenvalue weighted by atomic mass is 10.1. The van der Waals surface area contributed by atoms with E-state index >= 15 is 0 Å². The van der Waals surface area contributed by atoms with Crippen molar-refractivity contribution in [3.63, 3.8) is 0 Å². The second kappa shape index (κ2) is 7.67. The molecule has 168 valence electrons. The van der Waals surface area contributed by atoms with Crippen LogP contribution in [0, 0.1) is 0 Å². The molecule has 3 aliphatic heterocycles.